The van der Waals surface area contributed by atoms with E-state index < -0.39 is 11.5 Å². The van der Waals surface area contributed by atoms with Crippen LogP contribution in [0.5, 0.6) is 0 Å². The van der Waals surface area contributed by atoms with E-state index in [-0.39, 0.29) is 5.91 Å². The van der Waals surface area contributed by atoms with E-state index in [0.29, 0.717) is 11.5 Å². The normalized spacial score (nSPS) is 39.7. The Kier molecular flexibility index (Phi) is 3.73. The molecule has 2 aliphatic carbocycles. The van der Waals surface area contributed by atoms with Crippen LogP contribution in [0.3, 0.4) is 0 Å². The maximum atomic E-state index is 12.5. The van der Waals surface area contributed by atoms with Crippen LogP contribution in [-0.4, -0.2) is 47.7 Å². The van der Waals surface area contributed by atoms with Gasteiger partial charge < -0.3 is 10.4 Å². The van der Waals surface area contributed by atoms with Crippen molar-refractivity contribution in [1.29, 1.82) is 0 Å². The lowest BCUT2D eigenvalue weighted by atomic mass is 9.57. The average Bonchev–Trinajstić information content (AvgIpc) is 2.51. The van der Waals surface area contributed by atoms with Crippen LogP contribution in [0.1, 0.15) is 64.2 Å². The zero-order valence-corrected chi connectivity index (χ0v) is 13.6. The molecule has 2 spiro atoms. The third kappa shape index (κ3) is 2.30. The molecule has 2 saturated heterocycles. The second kappa shape index (κ2) is 5.48. The summed E-state index contributed by atoms with van der Waals surface area (Å²) in [7, 11) is 0. The molecule has 2 atom stereocenters. The first-order valence-electron chi connectivity index (χ1n) is 9.34. The number of nitrogens with one attached hydrogen (secondary N) is 1. The molecule has 4 nitrogen and oxygen atoms in total. The Labute approximate surface area is 133 Å². The Morgan fingerprint density at radius 2 is 1.86 bits per heavy atom. The molecule has 4 aliphatic rings. The highest BCUT2D eigenvalue weighted by Gasteiger charge is 2.54. The van der Waals surface area contributed by atoms with Crippen LogP contribution >= 0.6 is 0 Å². The molecule has 4 fully saturated rings. The molecule has 124 valence electrons. The minimum Gasteiger partial charge on any atom is -0.392 e. The van der Waals surface area contributed by atoms with E-state index in [1.54, 1.807) is 0 Å². The summed E-state index contributed by atoms with van der Waals surface area (Å²) in [5.41, 5.74) is 0.118. The SMILES string of the molecule is O=C1NCCC[C@]12CN(C1CC3(CCCCC3)C1)CC[C@H]2O. The van der Waals surface area contributed by atoms with Gasteiger partial charge in [0.25, 0.3) is 0 Å². The number of piperidine rings is 2. The number of carbonyl (C=O) groups is 1. The molecule has 1 amide bonds. The molecule has 4 rings (SSSR count). The number of hydrogen-bond donors (Lipinski definition) is 2. The minimum atomic E-state index is -0.522. The summed E-state index contributed by atoms with van der Waals surface area (Å²) >= 11 is 0. The molecule has 2 saturated carbocycles. The van der Waals surface area contributed by atoms with Gasteiger partial charge in [-0.2, -0.15) is 0 Å². The quantitative estimate of drug-likeness (QED) is 0.780. The summed E-state index contributed by atoms with van der Waals surface area (Å²) in [5, 5.41) is 13.5. The van der Waals surface area contributed by atoms with Crippen LogP contribution in [0, 0.1) is 10.8 Å². The Morgan fingerprint density at radius 1 is 1.09 bits per heavy atom. The maximum absolute atomic E-state index is 12.5. The summed E-state index contributed by atoms with van der Waals surface area (Å²) < 4.78 is 0. The molecule has 0 aromatic heterocycles. The fourth-order valence-corrected chi connectivity index (χ4v) is 5.70. The summed E-state index contributed by atoms with van der Waals surface area (Å²) in [6.07, 6.45) is 11.9. The van der Waals surface area contributed by atoms with E-state index in [0.717, 1.165) is 38.9 Å². The third-order valence-corrected chi connectivity index (χ3v) is 7.12. The van der Waals surface area contributed by atoms with E-state index in [1.165, 1.54) is 44.9 Å². The zero-order chi connectivity index (χ0) is 15.2. The lowest BCUT2D eigenvalue weighted by Crippen LogP contribution is -2.64. The maximum Gasteiger partial charge on any atom is 0.230 e. The predicted molar refractivity (Wildman–Crippen MR) is 85.4 cm³/mol. The van der Waals surface area contributed by atoms with Crippen LogP contribution in [0.4, 0.5) is 0 Å². The van der Waals surface area contributed by atoms with Gasteiger partial charge >= 0.3 is 0 Å². The Hall–Kier alpha value is -0.610. The van der Waals surface area contributed by atoms with Crippen molar-refractivity contribution in [3.8, 4) is 0 Å². The van der Waals surface area contributed by atoms with Crippen molar-refractivity contribution >= 4 is 5.91 Å². The van der Waals surface area contributed by atoms with Gasteiger partial charge in [-0.3, -0.25) is 9.69 Å². The standard InChI is InChI=1S/C18H30N2O2/c21-15-5-10-20(13-18(15)8-4-9-19-16(18)22)14-11-17(12-14)6-2-1-3-7-17/h14-15,21H,1-13H2,(H,19,22)/t15-,18-/m1/s1. The summed E-state index contributed by atoms with van der Waals surface area (Å²) in [6.45, 7) is 2.53. The molecule has 22 heavy (non-hydrogen) atoms. The second-order valence-electron chi connectivity index (χ2n) is 8.41. The molecule has 2 N–H and O–H groups in total. The average molecular weight is 306 g/mol. The largest absolute Gasteiger partial charge is 0.392 e. The van der Waals surface area contributed by atoms with Gasteiger partial charge in [0.15, 0.2) is 0 Å². The lowest BCUT2D eigenvalue weighted by molar-refractivity contribution is -0.155. The van der Waals surface area contributed by atoms with Crippen LogP contribution in [0.25, 0.3) is 0 Å². The van der Waals surface area contributed by atoms with Gasteiger partial charge in [0.2, 0.25) is 5.91 Å². The number of aliphatic hydroxyl groups excluding tert-OH is 1. The molecule has 0 unspecified atom stereocenters. The Morgan fingerprint density at radius 3 is 2.59 bits per heavy atom. The molecule has 0 aromatic carbocycles. The van der Waals surface area contributed by atoms with Crippen molar-refractivity contribution < 1.29 is 9.90 Å². The third-order valence-electron chi connectivity index (χ3n) is 7.12. The van der Waals surface area contributed by atoms with E-state index in [1.807, 2.05) is 0 Å². The van der Waals surface area contributed by atoms with Crippen molar-refractivity contribution in [2.75, 3.05) is 19.6 Å². The number of amides is 1. The lowest BCUT2D eigenvalue weighted by Gasteiger charge is -2.57. The van der Waals surface area contributed by atoms with Gasteiger partial charge in [-0.05, 0) is 50.4 Å². The van der Waals surface area contributed by atoms with E-state index in [2.05, 4.69) is 10.2 Å². The van der Waals surface area contributed by atoms with Crippen LogP contribution in [0.2, 0.25) is 0 Å². The van der Waals surface area contributed by atoms with Gasteiger partial charge in [0, 0.05) is 25.7 Å². The van der Waals surface area contributed by atoms with Crippen LogP contribution in [-0.2, 0) is 4.79 Å². The highest BCUT2D eigenvalue weighted by atomic mass is 16.3. The topological polar surface area (TPSA) is 52.6 Å². The highest BCUT2D eigenvalue weighted by Crippen LogP contribution is 2.54. The molecule has 0 radical (unpaired) electrons. The molecule has 4 heteroatoms. The van der Waals surface area contributed by atoms with Crippen molar-refractivity contribution in [3.63, 3.8) is 0 Å². The number of rotatable bonds is 1. The van der Waals surface area contributed by atoms with E-state index >= 15 is 0 Å². The Bertz CT molecular complexity index is 438. The number of carbonyl (C=O) groups excluding carboxylic acids is 1. The molecular weight excluding hydrogens is 276 g/mol. The fourth-order valence-electron chi connectivity index (χ4n) is 5.70. The van der Waals surface area contributed by atoms with Gasteiger partial charge in [-0.25, -0.2) is 0 Å². The van der Waals surface area contributed by atoms with Gasteiger partial charge in [-0.1, -0.05) is 19.3 Å². The summed E-state index contributed by atoms with van der Waals surface area (Å²) in [5.74, 6) is 0.0997. The van der Waals surface area contributed by atoms with Crippen LogP contribution < -0.4 is 5.32 Å². The number of likely N-dealkylation sites (tertiary alicyclic amines) is 1. The van der Waals surface area contributed by atoms with E-state index in [4.69, 9.17) is 0 Å². The first-order chi connectivity index (χ1) is 10.6. The van der Waals surface area contributed by atoms with Gasteiger partial charge in [0.05, 0.1) is 11.5 Å². The van der Waals surface area contributed by atoms with Crippen molar-refractivity contribution in [3.05, 3.63) is 0 Å². The zero-order valence-electron chi connectivity index (χ0n) is 13.6. The molecule has 0 aromatic rings. The summed E-state index contributed by atoms with van der Waals surface area (Å²) in [6, 6.07) is 0.664. The van der Waals surface area contributed by atoms with Crippen molar-refractivity contribution in [2.45, 2.75) is 76.4 Å². The van der Waals surface area contributed by atoms with Crippen molar-refractivity contribution in [1.82, 2.24) is 10.2 Å². The first-order valence-corrected chi connectivity index (χ1v) is 9.34. The number of aliphatic hydroxyl groups is 1. The summed E-state index contributed by atoms with van der Waals surface area (Å²) in [4.78, 5) is 15.0. The van der Waals surface area contributed by atoms with Crippen molar-refractivity contribution in [2.24, 2.45) is 10.8 Å². The molecule has 2 aliphatic heterocycles. The monoisotopic (exact) mass is 306 g/mol. The Balaban J connectivity index is 1.43. The highest BCUT2D eigenvalue weighted by molar-refractivity contribution is 5.84. The smallest absolute Gasteiger partial charge is 0.230 e. The van der Waals surface area contributed by atoms with E-state index in [9.17, 15) is 9.90 Å². The fraction of sp³-hybridized carbons (Fsp3) is 0.944. The predicted octanol–water partition coefficient (Wildman–Crippen LogP) is 2.06. The second-order valence-corrected chi connectivity index (χ2v) is 8.41. The molecule has 0 bridgehead atoms. The first kappa shape index (κ1) is 14.9. The van der Waals surface area contributed by atoms with Gasteiger partial charge in [0.1, 0.15) is 0 Å². The molecular formula is C18H30N2O2. The van der Waals surface area contributed by atoms with Gasteiger partial charge in [-0.15, -0.1) is 0 Å². The number of nitrogens with zero attached hydrogens (tertiary/aromatic N) is 1. The minimum absolute atomic E-state index is 0.0997. The molecule has 2 heterocycles. The van der Waals surface area contributed by atoms with Crippen LogP contribution in [0.15, 0.2) is 0 Å². The number of hydrogen-bond acceptors (Lipinski definition) is 3.